The van der Waals surface area contributed by atoms with E-state index in [0.29, 0.717) is 6.42 Å². The number of guanidine groups is 1. The molecule has 5 rings (SSSR count). The lowest BCUT2D eigenvalue weighted by Crippen LogP contribution is -2.55. The van der Waals surface area contributed by atoms with E-state index in [4.69, 9.17) is 0 Å². The van der Waals surface area contributed by atoms with Gasteiger partial charge < -0.3 is 15.1 Å². The van der Waals surface area contributed by atoms with Gasteiger partial charge in [-0.05, 0) is 48.6 Å². The average molecular weight is 424 g/mol. The molecule has 1 N–H and O–H groups in total. The van der Waals surface area contributed by atoms with E-state index in [1.165, 1.54) is 36.8 Å². The number of piperazine rings is 1. The van der Waals surface area contributed by atoms with Crippen LogP contribution in [0.1, 0.15) is 49.7 Å². The second-order valence-electron chi connectivity index (χ2n) is 9.86. The van der Waals surface area contributed by atoms with Gasteiger partial charge in [0.05, 0.1) is 0 Å². The summed E-state index contributed by atoms with van der Waals surface area (Å²) < 4.78 is 0. The number of nitrogens with zero attached hydrogens (tertiary/aromatic N) is 4. The van der Waals surface area contributed by atoms with Crippen LogP contribution in [0.5, 0.6) is 0 Å². The summed E-state index contributed by atoms with van der Waals surface area (Å²) in [4.78, 5) is 24.2. The van der Waals surface area contributed by atoms with Gasteiger partial charge in [-0.2, -0.15) is 0 Å². The molecule has 1 aromatic carbocycles. The van der Waals surface area contributed by atoms with E-state index in [1.807, 2.05) is 11.9 Å². The summed E-state index contributed by atoms with van der Waals surface area (Å²) in [6.45, 7) is 6.74. The van der Waals surface area contributed by atoms with Crippen molar-refractivity contribution in [3.8, 4) is 0 Å². The van der Waals surface area contributed by atoms with Crippen LogP contribution in [0.3, 0.4) is 0 Å². The minimum Gasteiger partial charge on any atom is -0.356 e. The van der Waals surface area contributed by atoms with Gasteiger partial charge in [-0.25, -0.2) is 0 Å². The highest BCUT2D eigenvalue weighted by atomic mass is 16.2. The molecule has 6 heteroatoms. The molecule has 3 atom stereocenters. The fraction of sp³-hybridized carbons (Fsp3) is 0.680. The number of benzene rings is 1. The van der Waals surface area contributed by atoms with Crippen molar-refractivity contribution in [1.29, 1.82) is 0 Å². The van der Waals surface area contributed by atoms with Crippen LogP contribution in [-0.2, 0) is 17.9 Å². The molecule has 0 radical (unpaired) electrons. The van der Waals surface area contributed by atoms with Crippen molar-refractivity contribution in [1.82, 2.24) is 20.0 Å². The molecule has 3 unspecified atom stereocenters. The van der Waals surface area contributed by atoms with Crippen molar-refractivity contribution in [3.05, 3.63) is 35.4 Å². The maximum atomic E-state index is 12.6. The number of fused-ring (bicyclic) bond motifs is 3. The van der Waals surface area contributed by atoms with Gasteiger partial charge in [0.2, 0.25) is 5.91 Å². The summed E-state index contributed by atoms with van der Waals surface area (Å²) in [5.74, 6) is 3.23. The minimum atomic E-state index is 0.257. The third-order valence-electron chi connectivity index (χ3n) is 8.04. The third kappa shape index (κ3) is 4.45. The van der Waals surface area contributed by atoms with Gasteiger partial charge in [0.25, 0.3) is 0 Å². The quantitative estimate of drug-likeness (QED) is 0.449. The van der Waals surface area contributed by atoms with E-state index < -0.39 is 0 Å². The number of nitrogens with one attached hydrogen (secondary N) is 1. The molecule has 4 aliphatic rings. The Kier molecular flexibility index (Phi) is 6.17. The number of aliphatic imine (C=N–C) groups is 1. The topological polar surface area (TPSA) is 51.2 Å². The summed E-state index contributed by atoms with van der Waals surface area (Å²) in [5.41, 5.74) is 2.58. The SMILES string of the molecule is CN=C(NCCCC(=O)N1Cc2ccccc2C1)N1CCN(C2CC3CCC2C3)CC1. The number of hydrogen-bond donors (Lipinski definition) is 1. The highest BCUT2D eigenvalue weighted by molar-refractivity contribution is 5.80. The lowest BCUT2D eigenvalue weighted by molar-refractivity contribution is -0.131. The highest BCUT2D eigenvalue weighted by Gasteiger charge is 2.42. The van der Waals surface area contributed by atoms with Crippen molar-refractivity contribution in [3.63, 3.8) is 0 Å². The van der Waals surface area contributed by atoms with Crippen LogP contribution in [0.25, 0.3) is 0 Å². The summed E-state index contributed by atoms with van der Waals surface area (Å²) in [7, 11) is 1.87. The molecule has 2 bridgehead atoms. The second kappa shape index (κ2) is 9.19. The van der Waals surface area contributed by atoms with Crippen molar-refractivity contribution < 1.29 is 4.79 Å². The molecule has 0 spiro atoms. The number of carbonyl (C=O) groups excluding carboxylic acids is 1. The van der Waals surface area contributed by atoms with Crippen LogP contribution in [0.2, 0.25) is 0 Å². The Morgan fingerprint density at radius 1 is 1.03 bits per heavy atom. The molecule has 2 saturated carbocycles. The normalized spacial score (nSPS) is 28.3. The number of amides is 1. The molecule has 2 heterocycles. The number of hydrogen-bond acceptors (Lipinski definition) is 3. The van der Waals surface area contributed by atoms with E-state index >= 15 is 0 Å². The van der Waals surface area contributed by atoms with Crippen LogP contribution in [0.15, 0.2) is 29.3 Å². The zero-order valence-corrected chi connectivity index (χ0v) is 18.9. The van der Waals surface area contributed by atoms with Gasteiger partial charge in [0.1, 0.15) is 0 Å². The van der Waals surface area contributed by atoms with E-state index in [9.17, 15) is 4.79 Å². The Bertz CT molecular complexity index is 791. The van der Waals surface area contributed by atoms with E-state index in [0.717, 1.165) is 76.1 Å². The first-order chi connectivity index (χ1) is 15.2. The molecule has 31 heavy (non-hydrogen) atoms. The standard InChI is InChI=1S/C25H37N5O/c1-26-25(29-13-11-28(12-14-29)23-16-19-8-9-20(23)15-19)27-10-4-7-24(31)30-17-21-5-2-3-6-22(21)18-30/h2-3,5-6,19-20,23H,4,7-18H2,1H3,(H,26,27). The minimum absolute atomic E-state index is 0.257. The molecule has 6 nitrogen and oxygen atoms in total. The molecular weight excluding hydrogens is 386 g/mol. The van der Waals surface area contributed by atoms with Crippen molar-refractivity contribution in [2.24, 2.45) is 16.8 Å². The molecule has 1 amide bonds. The third-order valence-corrected chi connectivity index (χ3v) is 8.04. The van der Waals surface area contributed by atoms with Crippen LogP contribution in [-0.4, -0.2) is 72.4 Å². The Morgan fingerprint density at radius 2 is 1.77 bits per heavy atom. The summed E-state index contributed by atoms with van der Waals surface area (Å²) in [6.07, 6.45) is 7.29. The molecule has 3 fully saturated rings. The molecule has 1 aromatic rings. The zero-order chi connectivity index (χ0) is 21.2. The fourth-order valence-corrected chi connectivity index (χ4v) is 6.36. The van der Waals surface area contributed by atoms with Gasteiger partial charge in [0, 0.05) is 65.3 Å². The predicted octanol–water partition coefficient (Wildman–Crippen LogP) is 2.69. The lowest BCUT2D eigenvalue weighted by atomic mass is 9.93. The smallest absolute Gasteiger partial charge is 0.223 e. The first-order valence-electron chi connectivity index (χ1n) is 12.3. The Morgan fingerprint density at radius 3 is 2.39 bits per heavy atom. The maximum Gasteiger partial charge on any atom is 0.223 e. The second-order valence-corrected chi connectivity index (χ2v) is 9.86. The van der Waals surface area contributed by atoms with Crippen LogP contribution >= 0.6 is 0 Å². The lowest BCUT2D eigenvalue weighted by Gasteiger charge is -2.42. The van der Waals surface area contributed by atoms with Crippen LogP contribution in [0, 0.1) is 11.8 Å². The Hall–Kier alpha value is -2.08. The highest BCUT2D eigenvalue weighted by Crippen LogP contribution is 2.46. The summed E-state index contributed by atoms with van der Waals surface area (Å²) in [5, 5.41) is 3.50. The fourth-order valence-electron chi connectivity index (χ4n) is 6.36. The van der Waals surface area contributed by atoms with Gasteiger partial charge in [-0.1, -0.05) is 30.7 Å². The average Bonchev–Trinajstić information content (AvgIpc) is 3.54. The largest absolute Gasteiger partial charge is 0.356 e. The maximum absolute atomic E-state index is 12.6. The van der Waals surface area contributed by atoms with Gasteiger partial charge in [-0.15, -0.1) is 0 Å². The van der Waals surface area contributed by atoms with E-state index in [2.05, 4.69) is 44.4 Å². The molecule has 2 aliphatic carbocycles. The molecule has 2 aliphatic heterocycles. The molecule has 0 aromatic heterocycles. The summed E-state index contributed by atoms with van der Waals surface area (Å²) in [6, 6.07) is 9.22. The zero-order valence-electron chi connectivity index (χ0n) is 18.9. The molecule has 1 saturated heterocycles. The van der Waals surface area contributed by atoms with Crippen LogP contribution < -0.4 is 5.32 Å². The van der Waals surface area contributed by atoms with Crippen LogP contribution in [0.4, 0.5) is 0 Å². The molecular formula is C25H37N5O. The van der Waals surface area contributed by atoms with Gasteiger partial charge in [0.15, 0.2) is 5.96 Å². The van der Waals surface area contributed by atoms with Gasteiger partial charge >= 0.3 is 0 Å². The molecule has 168 valence electrons. The van der Waals surface area contributed by atoms with Crippen molar-refractivity contribution in [2.45, 2.75) is 57.7 Å². The number of rotatable bonds is 5. The Labute approximate surface area is 186 Å². The summed E-state index contributed by atoms with van der Waals surface area (Å²) >= 11 is 0. The predicted molar refractivity (Wildman–Crippen MR) is 124 cm³/mol. The van der Waals surface area contributed by atoms with Crippen molar-refractivity contribution >= 4 is 11.9 Å². The monoisotopic (exact) mass is 423 g/mol. The van der Waals surface area contributed by atoms with Crippen molar-refractivity contribution in [2.75, 3.05) is 39.8 Å². The number of carbonyl (C=O) groups is 1. The first kappa shape index (κ1) is 20.8. The van der Waals surface area contributed by atoms with Gasteiger partial charge in [-0.3, -0.25) is 14.7 Å². The first-order valence-corrected chi connectivity index (χ1v) is 12.3. The Balaban J connectivity index is 1.02. The van der Waals surface area contributed by atoms with E-state index in [1.54, 1.807) is 0 Å². The van der Waals surface area contributed by atoms with E-state index in [-0.39, 0.29) is 5.91 Å².